The highest BCUT2D eigenvalue weighted by Crippen LogP contribution is 2.16. The van der Waals surface area contributed by atoms with Crippen LogP contribution in [0.2, 0.25) is 0 Å². The van der Waals surface area contributed by atoms with E-state index in [2.05, 4.69) is 35.9 Å². The molecule has 0 saturated carbocycles. The summed E-state index contributed by atoms with van der Waals surface area (Å²) in [5, 5.41) is 0. The van der Waals surface area contributed by atoms with Crippen molar-refractivity contribution >= 4 is 15.9 Å². The molecule has 0 atom stereocenters. The van der Waals surface area contributed by atoms with Crippen LogP contribution in [0.3, 0.4) is 0 Å². The van der Waals surface area contributed by atoms with E-state index in [0.29, 0.717) is 0 Å². The molecular weight excluding hydrogens is 152 g/mol. The number of hydrogen-bond acceptors (Lipinski definition) is 0. The van der Waals surface area contributed by atoms with E-state index in [1.54, 1.807) is 0 Å². The second-order valence-electron chi connectivity index (χ2n) is 2.06. The summed E-state index contributed by atoms with van der Waals surface area (Å²) in [6.45, 7) is 6.23. The van der Waals surface area contributed by atoms with Gasteiger partial charge in [-0.25, -0.2) is 0 Å². The van der Waals surface area contributed by atoms with Gasteiger partial charge in [-0.15, -0.1) is 0 Å². The molecule has 0 aromatic rings. The van der Waals surface area contributed by atoms with Crippen molar-refractivity contribution in [2.75, 3.05) is 0 Å². The highest BCUT2D eigenvalue weighted by molar-refractivity contribution is 9.10. The summed E-state index contributed by atoms with van der Waals surface area (Å²) in [5.74, 6) is 0. The molecule has 1 heteroatoms. The Morgan fingerprint density at radius 1 is 1.43 bits per heavy atom. The van der Waals surface area contributed by atoms with Gasteiger partial charge in [0.05, 0.1) is 0 Å². The van der Waals surface area contributed by atoms with Gasteiger partial charge in [0, 0.05) is 4.32 Å². The lowest BCUT2D eigenvalue weighted by molar-refractivity contribution is 0.919. The lowest BCUT2D eigenvalue weighted by Crippen LogP contribution is -2.01. The van der Waals surface area contributed by atoms with E-state index in [4.69, 9.17) is 0 Å². The molecule has 0 unspecified atom stereocenters. The Morgan fingerprint density at radius 2 is 1.86 bits per heavy atom. The van der Waals surface area contributed by atoms with Gasteiger partial charge in [0.25, 0.3) is 0 Å². The summed E-state index contributed by atoms with van der Waals surface area (Å²) in [6, 6.07) is 0. The maximum Gasteiger partial charge on any atom is 0.0380 e. The molecule has 0 nitrogen and oxygen atoms in total. The molecule has 0 amide bonds. The average Bonchev–Trinajstić information content (AvgIpc) is 1.30. The van der Waals surface area contributed by atoms with Crippen molar-refractivity contribution < 1.29 is 0 Å². The molecule has 0 radical (unpaired) electrons. The SMILES string of the molecule is CC=CC(C)(C)Br. The van der Waals surface area contributed by atoms with E-state index in [1.807, 2.05) is 13.0 Å². The third kappa shape index (κ3) is 6.22. The molecule has 0 spiro atoms. The zero-order chi connectivity index (χ0) is 5.91. The first-order chi connectivity index (χ1) is 3.06. The molecule has 0 aromatic carbocycles. The fourth-order valence-corrected chi connectivity index (χ4v) is 0.661. The second kappa shape index (κ2) is 2.51. The molecule has 0 fully saturated rings. The molecule has 0 N–H and O–H groups in total. The molecule has 0 bridgehead atoms. The molecule has 0 heterocycles. The van der Waals surface area contributed by atoms with Gasteiger partial charge in [-0.3, -0.25) is 0 Å². The van der Waals surface area contributed by atoms with Crippen LogP contribution >= 0.6 is 15.9 Å². The van der Waals surface area contributed by atoms with Crippen LogP contribution in [0.5, 0.6) is 0 Å². The van der Waals surface area contributed by atoms with E-state index in [9.17, 15) is 0 Å². The van der Waals surface area contributed by atoms with Crippen molar-refractivity contribution in [1.82, 2.24) is 0 Å². The number of allylic oxidation sites excluding steroid dienone is 2. The van der Waals surface area contributed by atoms with Gasteiger partial charge in [0.15, 0.2) is 0 Å². The maximum atomic E-state index is 3.45. The maximum absolute atomic E-state index is 3.45. The highest BCUT2D eigenvalue weighted by atomic mass is 79.9. The van der Waals surface area contributed by atoms with Crippen molar-refractivity contribution in [2.24, 2.45) is 0 Å². The van der Waals surface area contributed by atoms with Gasteiger partial charge < -0.3 is 0 Å². The smallest absolute Gasteiger partial charge is 0.0380 e. The third-order valence-corrected chi connectivity index (χ3v) is 0.827. The first-order valence-corrected chi connectivity index (χ1v) is 3.18. The van der Waals surface area contributed by atoms with Crippen LogP contribution in [0, 0.1) is 0 Å². The van der Waals surface area contributed by atoms with Gasteiger partial charge in [0.2, 0.25) is 0 Å². The minimum atomic E-state index is 0.182. The molecule has 42 valence electrons. The Balaban J connectivity index is 3.56. The lowest BCUT2D eigenvalue weighted by Gasteiger charge is -2.06. The quantitative estimate of drug-likeness (QED) is 0.411. The van der Waals surface area contributed by atoms with Crippen LogP contribution in [0.4, 0.5) is 0 Å². The van der Waals surface area contributed by atoms with E-state index < -0.39 is 0 Å². The van der Waals surface area contributed by atoms with E-state index in [1.165, 1.54) is 0 Å². The molecule has 0 aliphatic rings. The summed E-state index contributed by atoms with van der Waals surface area (Å²) >= 11 is 3.45. The van der Waals surface area contributed by atoms with Gasteiger partial charge in [-0.2, -0.15) is 0 Å². The molecule has 0 aliphatic heterocycles. The van der Waals surface area contributed by atoms with Gasteiger partial charge in [0.1, 0.15) is 0 Å². The Kier molecular flexibility index (Phi) is 2.59. The minimum absolute atomic E-state index is 0.182. The van der Waals surface area contributed by atoms with Crippen molar-refractivity contribution in [3.63, 3.8) is 0 Å². The normalized spacial score (nSPS) is 13.1. The number of rotatable bonds is 1. The Bertz CT molecular complexity index is 66.7. The Labute approximate surface area is 53.7 Å². The predicted molar refractivity (Wildman–Crippen MR) is 37.8 cm³/mol. The van der Waals surface area contributed by atoms with Crippen LogP contribution in [0.15, 0.2) is 12.2 Å². The zero-order valence-electron chi connectivity index (χ0n) is 5.03. The van der Waals surface area contributed by atoms with E-state index >= 15 is 0 Å². The van der Waals surface area contributed by atoms with E-state index in [0.717, 1.165) is 0 Å². The average molecular weight is 163 g/mol. The third-order valence-electron chi connectivity index (χ3n) is 0.563. The molecule has 7 heavy (non-hydrogen) atoms. The lowest BCUT2D eigenvalue weighted by atomic mass is 10.2. The van der Waals surface area contributed by atoms with Crippen molar-refractivity contribution in [2.45, 2.75) is 25.1 Å². The fraction of sp³-hybridized carbons (Fsp3) is 0.667. The molecular formula is C6H11Br. The van der Waals surface area contributed by atoms with Crippen LogP contribution in [-0.4, -0.2) is 4.32 Å². The van der Waals surface area contributed by atoms with Crippen molar-refractivity contribution in [1.29, 1.82) is 0 Å². The summed E-state index contributed by atoms with van der Waals surface area (Å²) in [6.07, 6.45) is 4.14. The summed E-state index contributed by atoms with van der Waals surface area (Å²) in [5.41, 5.74) is 0. The number of hydrogen-bond donors (Lipinski definition) is 0. The summed E-state index contributed by atoms with van der Waals surface area (Å²) in [4.78, 5) is 0. The van der Waals surface area contributed by atoms with Gasteiger partial charge in [-0.1, -0.05) is 28.1 Å². The zero-order valence-corrected chi connectivity index (χ0v) is 6.62. The van der Waals surface area contributed by atoms with Gasteiger partial charge in [-0.05, 0) is 20.8 Å². The largest absolute Gasteiger partial charge is 0.0903 e. The fourth-order valence-electron chi connectivity index (χ4n) is 0.396. The van der Waals surface area contributed by atoms with E-state index in [-0.39, 0.29) is 4.32 Å². The standard InChI is InChI=1S/C6H11Br/c1-4-5-6(2,3)7/h4-5H,1-3H3. The first kappa shape index (κ1) is 7.22. The number of halogens is 1. The molecule has 0 saturated heterocycles. The Morgan fingerprint density at radius 3 is 1.86 bits per heavy atom. The first-order valence-electron chi connectivity index (χ1n) is 2.39. The predicted octanol–water partition coefficient (Wildman–Crippen LogP) is 2.74. The molecule has 0 aliphatic carbocycles. The van der Waals surface area contributed by atoms with Crippen LogP contribution in [0.1, 0.15) is 20.8 Å². The van der Waals surface area contributed by atoms with Crippen molar-refractivity contribution in [3.8, 4) is 0 Å². The highest BCUT2D eigenvalue weighted by Gasteiger charge is 2.03. The van der Waals surface area contributed by atoms with Crippen LogP contribution in [0.25, 0.3) is 0 Å². The topological polar surface area (TPSA) is 0 Å². The van der Waals surface area contributed by atoms with Gasteiger partial charge >= 0.3 is 0 Å². The second-order valence-corrected chi connectivity index (χ2v) is 4.11. The minimum Gasteiger partial charge on any atom is -0.0903 e. The number of alkyl halides is 1. The monoisotopic (exact) mass is 162 g/mol. The summed E-state index contributed by atoms with van der Waals surface area (Å²) < 4.78 is 0.182. The summed E-state index contributed by atoms with van der Waals surface area (Å²) in [7, 11) is 0. The van der Waals surface area contributed by atoms with Crippen LogP contribution in [-0.2, 0) is 0 Å². The Hall–Kier alpha value is 0.220. The molecule has 0 rings (SSSR count). The van der Waals surface area contributed by atoms with Crippen LogP contribution < -0.4 is 0 Å². The molecule has 0 aromatic heterocycles. The van der Waals surface area contributed by atoms with Crippen molar-refractivity contribution in [3.05, 3.63) is 12.2 Å².